The number of likely N-dealkylation sites (N-methyl/N-ethyl adjacent to an activating group) is 1. The quantitative estimate of drug-likeness (QED) is 0.847. The monoisotopic (exact) mass is 327 g/mol. The second-order valence-electron chi connectivity index (χ2n) is 5.88. The van der Waals surface area contributed by atoms with Crippen molar-refractivity contribution in [1.82, 2.24) is 4.90 Å². The van der Waals surface area contributed by atoms with Gasteiger partial charge in [-0.05, 0) is 36.8 Å². The van der Waals surface area contributed by atoms with Crippen LogP contribution in [0.5, 0.6) is 17.2 Å². The fraction of sp³-hybridized carbons (Fsp3) is 0.316. The SMILES string of the molecule is Cc1cccc(OCC(=O)N(C)CC2COc3ccccc3O2)c1. The second kappa shape index (κ2) is 7.25. The summed E-state index contributed by atoms with van der Waals surface area (Å²) in [6, 6.07) is 15.2. The van der Waals surface area contributed by atoms with E-state index in [2.05, 4.69) is 0 Å². The lowest BCUT2D eigenvalue weighted by Crippen LogP contribution is -2.43. The van der Waals surface area contributed by atoms with E-state index in [4.69, 9.17) is 14.2 Å². The molecular formula is C19H21NO4. The van der Waals surface area contributed by atoms with Gasteiger partial charge in [0.05, 0.1) is 6.54 Å². The maximum atomic E-state index is 12.2. The van der Waals surface area contributed by atoms with Crippen molar-refractivity contribution in [3.8, 4) is 17.2 Å². The zero-order chi connectivity index (χ0) is 16.9. The van der Waals surface area contributed by atoms with Gasteiger partial charge in [-0.25, -0.2) is 0 Å². The van der Waals surface area contributed by atoms with Crippen molar-refractivity contribution >= 4 is 5.91 Å². The Kier molecular flexibility index (Phi) is 4.89. The molecule has 0 aromatic heterocycles. The van der Waals surface area contributed by atoms with Gasteiger partial charge in [0.25, 0.3) is 5.91 Å². The van der Waals surface area contributed by atoms with Crippen LogP contribution in [-0.2, 0) is 4.79 Å². The van der Waals surface area contributed by atoms with Gasteiger partial charge >= 0.3 is 0 Å². The summed E-state index contributed by atoms with van der Waals surface area (Å²) in [4.78, 5) is 13.8. The number of rotatable bonds is 5. The number of amides is 1. The first-order chi connectivity index (χ1) is 11.6. The number of fused-ring (bicyclic) bond motifs is 1. The van der Waals surface area contributed by atoms with Crippen molar-refractivity contribution in [3.63, 3.8) is 0 Å². The van der Waals surface area contributed by atoms with Crippen molar-refractivity contribution in [2.45, 2.75) is 13.0 Å². The van der Waals surface area contributed by atoms with Gasteiger partial charge in [-0.15, -0.1) is 0 Å². The molecule has 0 radical (unpaired) electrons. The molecular weight excluding hydrogens is 306 g/mol. The van der Waals surface area contributed by atoms with Gasteiger partial charge in [-0.3, -0.25) is 4.79 Å². The number of nitrogens with zero attached hydrogens (tertiary/aromatic N) is 1. The van der Waals surface area contributed by atoms with Gasteiger partial charge < -0.3 is 19.1 Å². The van der Waals surface area contributed by atoms with E-state index < -0.39 is 0 Å². The molecule has 0 fully saturated rings. The van der Waals surface area contributed by atoms with E-state index >= 15 is 0 Å². The van der Waals surface area contributed by atoms with Crippen LogP contribution in [0.2, 0.25) is 0 Å². The Morgan fingerprint density at radius 1 is 1.21 bits per heavy atom. The zero-order valence-corrected chi connectivity index (χ0v) is 13.9. The van der Waals surface area contributed by atoms with Gasteiger partial charge in [0.1, 0.15) is 12.4 Å². The summed E-state index contributed by atoms with van der Waals surface area (Å²) in [5.41, 5.74) is 1.10. The minimum Gasteiger partial charge on any atom is -0.486 e. The van der Waals surface area contributed by atoms with Gasteiger partial charge in [0.2, 0.25) is 0 Å². The van der Waals surface area contributed by atoms with E-state index in [0.29, 0.717) is 24.7 Å². The summed E-state index contributed by atoms with van der Waals surface area (Å²) in [6.45, 7) is 2.86. The molecule has 2 aromatic carbocycles. The van der Waals surface area contributed by atoms with E-state index in [1.807, 2.05) is 55.5 Å². The summed E-state index contributed by atoms with van der Waals surface area (Å²) in [5, 5.41) is 0. The predicted molar refractivity (Wildman–Crippen MR) is 90.7 cm³/mol. The molecule has 1 heterocycles. The van der Waals surface area contributed by atoms with Gasteiger partial charge in [0.15, 0.2) is 24.2 Å². The number of hydrogen-bond acceptors (Lipinski definition) is 4. The number of ether oxygens (including phenoxy) is 3. The number of carbonyl (C=O) groups excluding carboxylic acids is 1. The van der Waals surface area contributed by atoms with Crippen LogP contribution >= 0.6 is 0 Å². The third kappa shape index (κ3) is 3.98. The Morgan fingerprint density at radius 2 is 2.00 bits per heavy atom. The topological polar surface area (TPSA) is 48.0 Å². The fourth-order valence-electron chi connectivity index (χ4n) is 2.52. The first-order valence-electron chi connectivity index (χ1n) is 7.94. The molecule has 5 nitrogen and oxygen atoms in total. The molecule has 3 rings (SSSR count). The Bertz CT molecular complexity index is 716. The van der Waals surface area contributed by atoms with E-state index in [1.54, 1.807) is 11.9 Å². The zero-order valence-electron chi connectivity index (χ0n) is 13.9. The Balaban J connectivity index is 1.50. The summed E-state index contributed by atoms with van der Waals surface area (Å²) in [7, 11) is 1.74. The number of hydrogen-bond donors (Lipinski definition) is 0. The minimum absolute atomic E-state index is 0.00408. The van der Waals surface area contributed by atoms with Gasteiger partial charge in [-0.2, -0.15) is 0 Å². The molecule has 1 atom stereocenters. The molecule has 5 heteroatoms. The Hall–Kier alpha value is -2.69. The number of carbonyl (C=O) groups is 1. The molecule has 0 aliphatic carbocycles. The highest BCUT2D eigenvalue weighted by molar-refractivity contribution is 5.77. The Morgan fingerprint density at radius 3 is 2.79 bits per heavy atom. The molecule has 0 N–H and O–H groups in total. The molecule has 0 bridgehead atoms. The Labute approximate surface area is 141 Å². The van der Waals surface area contributed by atoms with Crippen LogP contribution in [0.4, 0.5) is 0 Å². The van der Waals surface area contributed by atoms with Crippen molar-refractivity contribution in [1.29, 1.82) is 0 Å². The summed E-state index contributed by atoms with van der Waals surface area (Å²) in [6.07, 6.45) is -0.187. The molecule has 1 aliphatic rings. The maximum Gasteiger partial charge on any atom is 0.260 e. The molecule has 2 aromatic rings. The summed E-state index contributed by atoms with van der Waals surface area (Å²) < 4.78 is 17.1. The lowest BCUT2D eigenvalue weighted by molar-refractivity contribution is -0.133. The third-order valence-electron chi connectivity index (χ3n) is 3.82. The molecule has 24 heavy (non-hydrogen) atoms. The lowest BCUT2D eigenvalue weighted by Gasteiger charge is -2.29. The predicted octanol–water partition coefficient (Wildman–Crippen LogP) is 2.67. The van der Waals surface area contributed by atoms with E-state index in [0.717, 1.165) is 11.3 Å². The number of benzene rings is 2. The lowest BCUT2D eigenvalue weighted by atomic mass is 10.2. The number of aryl methyl sites for hydroxylation is 1. The van der Waals surface area contributed by atoms with Crippen LogP contribution in [0.3, 0.4) is 0 Å². The average Bonchev–Trinajstić information content (AvgIpc) is 2.59. The smallest absolute Gasteiger partial charge is 0.260 e. The van der Waals surface area contributed by atoms with Gasteiger partial charge in [-0.1, -0.05) is 24.3 Å². The molecule has 1 unspecified atom stereocenters. The first-order valence-corrected chi connectivity index (χ1v) is 7.94. The molecule has 0 saturated carbocycles. The van der Waals surface area contributed by atoms with Crippen LogP contribution in [0.15, 0.2) is 48.5 Å². The molecule has 0 saturated heterocycles. The van der Waals surface area contributed by atoms with Crippen molar-refractivity contribution in [2.24, 2.45) is 0 Å². The summed E-state index contributed by atoms with van der Waals surface area (Å²) in [5.74, 6) is 2.05. The molecule has 1 aliphatic heterocycles. The van der Waals surface area contributed by atoms with Crippen molar-refractivity contribution < 1.29 is 19.0 Å². The van der Waals surface area contributed by atoms with Crippen LogP contribution in [0.1, 0.15) is 5.56 Å². The van der Waals surface area contributed by atoms with Crippen LogP contribution in [0.25, 0.3) is 0 Å². The second-order valence-corrected chi connectivity index (χ2v) is 5.88. The third-order valence-corrected chi connectivity index (χ3v) is 3.82. The van der Waals surface area contributed by atoms with Crippen LogP contribution < -0.4 is 14.2 Å². The fourth-order valence-corrected chi connectivity index (χ4v) is 2.52. The van der Waals surface area contributed by atoms with Crippen molar-refractivity contribution in [2.75, 3.05) is 26.8 Å². The highest BCUT2D eigenvalue weighted by Gasteiger charge is 2.23. The first kappa shape index (κ1) is 16.2. The van der Waals surface area contributed by atoms with E-state index in [9.17, 15) is 4.79 Å². The number of para-hydroxylation sites is 2. The van der Waals surface area contributed by atoms with E-state index in [1.165, 1.54) is 0 Å². The molecule has 1 amide bonds. The highest BCUT2D eigenvalue weighted by atomic mass is 16.6. The van der Waals surface area contributed by atoms with Crippen LogP contribution in [-0.4, -0.2) is 43.7 Å². The maximum absolute atomic E-state index is 12.2. The van der Waals surface area contributed by atoms with Crippen molar-refractivity contribution in [3.05, 3.63) is 54.1 Å². The minimum atomic E-state index is -0.187. The summed E-state index contributed by atoms with van der Waals surface area (Å²) >= 11 is 0. The molecule has 126 valence electrons. The van der Waals surface area contributed by atoms with E-state index in [-0.39, 0.29) is 18.6 Å². The highest BCUT2D eigenvalue weighted by Crippen LogP contribution is 2.30. The largest absolute Gasteiger partial charge is 0.486 e. The average molecular weight is 327 g/mol. The van der Waals surface area contributed by atoms with Crippen LogP contribution in [0, 0.1) is 6.92 Å². The molecule has 0 spiro atoms. The van der Waals surface area contributed by atoms with Gasteiger partial charge in [0, 0.05) is 7.05 Å². The standard InChI is InChI=1S/C19H21NO4/c1-14-6-5-7-15(10-14)22-13-19(21)20(2)11-16-12-23-17-8-3-4-9-18(17)24-16/h3-10,16H,11-13H2,1-2H3. The normalized spacial score (nSPS) is 15.7.